The maximum absolute atomic E-state index is 9.54. The molecule has 0 bridgehead atoms. The van der Waals surface area contributed by atoms with Gasteiger partial charge in [0.05, 0.1) is 11.5 Å². The Morgan fingerprint density at radius 1 is 1.00 bits per heavy atom. The number of nitriles is 1. The van der Waals surface area contributed by atoms with Crippen LogP contribution in [0.2, 0.25) is 0 Å². The van der Waals surface area contributed by atoms with Gasteiger partial charge in [-0.2, -0.15) is 5.26 Å². The van der Waals surface area contributed by atoms with Crippen molar-refractivity contribution in [3.05, 3.63) is 54.1 Å². The van der Waals surface area contributed by atoms with Crippen LogP contribution in [0, 0.1) is 16.7 Å². The van der Waals surface area contributed by atoms with Gasteiger partial charge in [0.2, 0.25) is 0 Å². The smallest absolute Gasteiger partial charge is 0.115 e. The zero-order valence-corrected chi connectivity index (χ0v) is 14.3. The Labute approximate surface area is 144 Å². The summed E-state index contributed by atoms with van der Waals surface area (Å²) < 4.78 is 0. The van der Waals surface area contributed by atoms with Gasteiger partial charge in [-0.3, -0.25) is 0 Å². The maximum atomic E-state index is 9.54. The molecule has 2 nitrogen and oxygen atoms in total. The van der Waals surface area contributed by atoms with Crippen LogP contribution in [0.3, 0.4) is 0 Å². The summed E-state index contributed by atoms with van der Waals surface area (Å²) in [5, 5.41) is 18.9. The first kappa shape index (κ1) is 16.6. The summed E-state index contributed by atoms with van der Waals surface area (Å²) in [6.07, 6.45) is 6.43. The molecule has 2 heteroatoms. The van der Waals surface area contributed by atoms with Crippen molar-refractivity contribution in [3.63, 3.8) is 0 Å². The molecule has 3 rings (SSSR count). The van der Waals surface area contributed by atoms with E-state index < -0.39 is 0 Å². The molecule has 24 heavy (non-hydrogen) atoms. The highest BCUT2D eigenvalue weighted by molar-refractivity contribution is 5.64. The average molecular weight is 319 g/mol. The van der Waals surface area contributed by atoms with E-state index in [1.165, 1.54) is 11.1 Å². The molecule has 124 valence electrons. The molecule has 1 aliphatic rings. The summed E-state index contributed by atoms with van der Waals surface area (Å²) >= 11 is 0. The van der Waals surface area contributed by atoms with Gasteiger partial charge in [-0.05, 0) is 66.8 Å². The Balaban J connectivity index is 1.69. The number of aromatic hydroxyl groups is 1. The summed E-state index contributed by atoms with van der Waals surface area (Å²) in [5.74, 6) is 0.878. The zero-order chi connectivity index (χ0) is 17.0. The number of benzene rings is 2. The summed E-state index contributed by atoms with van der Waals surface area (Å²) in [5.41, 5.74) is 3.61. The summed E-state index contributed by atoms with van der Waals surface area (Å²) in [6.45, 7) is 2.17. The van der Waals surface area contributed by atoms with Crippen molar-refractivity contribution >= 4 is 0 Å². The van der Waals surface area contributed by atoms with Crippen LogP contribution in [-0.4, -0.2) is 5.11 Å². The minimum Gasteiger partial charge on any atom is -0.508 e. The van der Waals surface area contributed by atoms with Gasteiger partial charge in [-0.1, -0.05) is 49.7 Å². The third-order valence-corrected chi connectivity index (χ3v) is 5.49. The Kier molecular flexibility index (Phi) is 4.90. The number of rotatable bonds is 4. The molecule has 2 aromatic rings. The summed E-state index contributed by atoms with van der Waals surface area (Å²) in [4.78, 5) is 0. The van der Waals surface area contributed by atoms with E-state index in [2.05, 4.69) is 37.3 Å². The zero-order valence-electron chi connectivity index (χ0n) is 14.3. The van der Waals surface area contributed by atoms with Crippen LogP contribution in [-0.2, 0) is 0 Å². The molecule has 0 heterocycles. The second kappa shape index (κ2) is 7.09. The van der Waals surface area contributed by atoms with Gasteiger partial charge in [0.15, 0.2) is 0 Å². The van der Waals surface area contributed by atoms with Crippen LogP contribution in [0.25, 0.3) is 11.1 Å². The first-order valence-electron chi connectivity index (χ1n) is 8.96. The largest absolute Gasteiger partial charge is 0.508 e. The van der Waals surface area contributed by atoms with Crippen LogP contribution in [0.5, 0.6) is 5.75 Å². The number of hydrogen-bond acceptors (Lipinski definition) is 2. The molecule has 0 atom stereocenters. The van der Waals surface area contributed by atoms with Crippen molar-refractivity contribution in [1.29, 1.82) is 5.26 Å². The van der Waals surface area contributed by atoms with Crippen LogP contribution in [0.1, 0.15) is 56.9 Å². The summed E-state index contributed by atoms with van der Waals surface area (Å²) in [6, 6.07) is 18.7. The molecule has 1 fully saturated rings. The highest BCUT2D eigenvalue weighted by atomic mass is 16.3. The number of nitrogens with zero attached hydrogens (tertiary/aromatic N) is 1. The fourth-order valence-corrected chi connectivity index (χ4v) is 4.00. The van der Waals surface area contributed by atoms with E-state index in [0.717, 1.165) is 44.1 Å². The van der Waals surface area contributed by atoms with Crippen LogP contribution >= 0.6 is 0 Å². The van der Waals surface area contributed by atoms with E-state index in [9.17, 15) is 10.4 Å². The van der Waals surface area contributed by atoms with E-state index in [4.69, 9.17) is 0 Å². The minimum atomic E-state index is -0.0722. The topological polar surface area (TPSA) is 44.0 Å². The standard InChI is InChI=1S/C22H25NO/c1-2-13-22(16-23)14-11-20(12-15-22)18-5-3-17(4-6-18)19-7-9-21(24)10-8-19/h3-10,20,24H,2,11-15H2,1H3. The minimum absolute atomic E-state index is 0.0722. The third-order valence-electron chi connectivity index (χ3n) is 5.49. The predicted molar refractivity (Wildman–Crippen MR) is 97.7 cm³/mol. The van der Waals surface area contributed by atoms with Crippen LogP contribution in [0.4, 0.5) is 0 Å². The highest BCUT2D eigenvalue weighted by Gasteiger charge is 2.34. The Morgan fingerprint density at radius 3 is 2.04 bits per heavy atom. The van der Waals surface area contributed by atoms with Crippen molar-refractivity contribution in [3.8, 4) is 22.9 Å². The van der Waals surface area contributed by atoms with Gasteiger partial charge in [0.1, 0.15) is 5.75 Å². The van der Waals surface area contributed by atoms with Crippen LogP contribution in [0.15, 0.2) is 48.5 Å². The molecule has 0 unspecified atom stereocenters. The number of phenolic OH excluding ortho intramolecular Hbond substituents is 1. The lowest BCUT2D eigenvalue weighted by molar-refractivity contribution is 0.228. The van der Waals surface area contributed by atoms with E-state index in [0.29, 0.717) is 11.7 Å². The van der Waals surface area contributed by atoms with Crippen molar-refractivity contribution in [2.24, 2.45) is 5.41 Å². The molecule has 0 amide bonds. The molecule has 0 aromatic heterocycles. The second-order valence-corrected chi connectivity index (χ2v) is 7.09. The van der Waals surface area contributed by atoms with E-state index >= 15 is 0 Å². The van der Waals surface area contributed by atoms with Crippen molar-refractivity contribution in [2.45, 2.75) is 51.4 Å². The highest BCUT2D eigenvalue weighted by Crippen LogP contribution is 2.45. The van der Waals surface area contributed by atoms with Crippen molar-refractivity contribution in [1.82, 2.24) is 0 Å². The van der Waals surface area contributed by atoms with Gasteiger partial charge < -0.3 is 5.11 Å². The predicted octanol–water partition coefficient (Wildman–Crippen LogP) is 6.03. The Hall–Kier alpha value is -2.27. The van der Waals surface area contributed by atoms with Crippen LogP contribution < -0.4 is 0 Å². The fraction of sp³-hybridized carbons (Fsp3) is 0.409. The quantitative estimate of drug-likeness (QED) is 0.748. The molecular formula is C22H25NO. The van der Waals surface area contributed by atoms with E-state index in [-0.39, 0.29) is 5.41 Å². The monoisotopic (exact) mass is 319 g/mol. The van der Waals surface area contributed by atoms with Gasteiger partial charge in [0, 0.05) is 0 Å². The van der Waals surface area contributed by atoms with E-state index in [1.807, 2.05) is 12.1 Å². The summed E-state index contributed by atoms with van der Waals surface area (Å²) in [7, 11) is 0. The average Bonchev–Trinajstić information content (AvgIpc) is 2.63. The molecule has 1 N–H and O–H groups in total. The molecular weight excluding hydrogens is 294 g/mol. The van der Waals surface area contributed by atoms with Gasteiger partial charge >= 0.3 is 0 Å². The molecule has 1 saturated carbocycles. The first-order valence-corrected chi connectivity index (χ1v) is 8.96. The Morgan fingerprint density at radius 2 is 1.54 bits per heavy atom. The first-order chi connectivity index (χ1) is 11.7. The second-order valence-electron chi connectivity index (χ2n) is 7.09. The molecule has 0 saturated heterocycles. The van der Waals surface area contributed by atoms with Gasteiger partial charge in [-0.25, -0.2) is 0 Å². The lowest BCUT2D eigenvalue weighted by atomic mass is 9.68. The normalized spacial score (nSPS) is 23.6. The van der Waals surface area contributed by atoms with Gasteiger partial charge in [0.25, 0.3) is 0 Å². The molecule has 0 radical (unpaired) electrons. The molecule has 0 aliphatic heterocycles. The Bertz CT molecular complexity index is 701. The number of phenols is 1. The maximum Gasteiger partial charge on any atom is 0.115 e. The lowest BCUT2D eigenvalue weighted by Crippen LogP contribution is -2.25. The molecule has 0 spiro atoms. The van der Waals surface area contributed by atoms with Crippen molar-refractivity contribution in [2.75, 3.05) is 0 Å². The lowest BCUT2D eigenvalue weighted by Gasteiger charge is -2.35. The van der Waals surface area contributed by atoms with Gasteiger partial charge in [-0.15, -0.1) is 0 Å². The van der Waals surface area contributed by atoms with Crippen molar-refractivity contribution < 1.29 is 5.11 Å². The molecule has 2 aromatic carbocycles. The molecule has 1 aliphatic carbocycles. The number of hydrogen-bond donors (Lipinski definition) is 1. The fourth-order valence-electron chi connectivity index (χ4n) is 4.00. The van der Waals surface area contributed by atoms with E-state index in [1.54, 1.807) is 12.1 Å². The third kappa shape index (κ3) is 3.46. The SMILES string of the molecule is CCCC1(C#N)CCC(c2ccc(-c3ccc(O)cc3)cc2)CC1.